The molecule has 31 heavy (non-hydrogen) atoms. The van der Waals surface area contributed by atoms with Crippen LogP contribution in [0, 0.1) is 19.8 Å². The number of esters is 1. The number of carbonyl (C=O) groups is 3. The maximum atomic E-state index is 13.5. The summed E-state index contributed by atoms with van der Waals surface area (Å²) in [5.74, 6) is -0.510. The van der Waals surface area contributed by atoms with Crippen molar-refractivity contribution in [2.75, 3.05) is 6.61 Å². The Morgan fingerprint density at radius 3 is 2.35 bits per heavy atom. The van der Waals surface area contributed by atoms with Gasteiger partial charge in [-0.05, 0) is 65.0 Å². The molecule has 0 aliphatic heterocycles. The predicted octanol–water partition coefficient (Wildman–Crippen LogP) is 4.42. The van der Waals surface area contributed by atoms with E-state index in [0.717, 1.165) is 6.42 Å². The fraction of sp³-hybridized carbons (Fsp3) is 0.480. The van der Waals surface area contributed by atoms with E-state index in [0.29, 0.717) is 22.5 Å². The van der Waals surface area contributed by atoms with E-state index in [2.05, 4.69) is 17.1 Å². The molecular formula is C25H32N2O4. The average molecular weight is 425 g/mol. The molecule has 1 aromatic carbocycles. The van der Waals surface area contributed by atoms with E-state index in [1.54, 1.807) is 32.6 Å². The first-order chi connectivity index (χ1) is 14.7. The van der Waals surface area contributed by atoms with Gasteiger partial charge in [0.2, 0.25) is 5.91 Å². The summed E-state index contributed by atoms with van der Waals surface area (Å²) < 4.78 is 5.09. The predicted molar refractivity (Wildman–Crippen MR) is 119 cm³/mol. The van der Waals surface area contributed by atoms with Crippen LogP contribution in [0.4, 0.5) is 0 Å². The molecule has 166 valence electrons. The topological polar surface area (TPSA) is 79.5 Å². The Bertz CT molecular complexity index is 977. The number of ketones is 1. The van der Waals surface area contributed by atoms with Gasteiger partial charge in [-0.1, -0.05) is 30.3 Å². The van der Waals surface area contributed by atoms with E-state index < -0.39 is 12.0 Å². The van der Waals surface area contributed by atoms with Gasteiger partial charge in [-0.2, -0.15) is 0 Å². The molecule has 1 aliphatic rings. The Balaban J connectivity index is 1.82. The van der Waals surface area contributed by atoms with Gasteiger partial charge in [0.15, 0.2) is 5.78 Å². The smallest absolute Gasteiger partial charge is 0.355 e. The number of aryl methyl sites for hydroxylation is 1. The van der Waals surface area contributed by atoms with Gasteiger partial charge < -0.3 is 14.6 Å². The minimum Gasteiger partial charge on any atom is -0.461 e. The molecular weight excluding hydrogens is 392 g/mol. The second kappa shape index (κ2) is 9.08. The number of aromatic amines is 1. The molecule has 1 amide bonds. The van der Waals surface area contributed by atoms with E-state index in [1.165, 1.54) is 5.56 Å². The lowest BCUT2D eigenvalue weighted by molar-refractivity contribution is -0.135. The summed E-state index contributed by atoms with van der Waals surface area (Å²) in [7, 11) is 0. The second-order valence-electron chi connectivity index (χ2n) is 8.58. The van der Waals surface area contributed by atoms with Crippen molar-refractivity contribution in [3.8, 4) is 0 Å². The van der Waals surface area contributed by atoms with Crippen molar-refractivity contribution < 1.29 is 19.1 Å². The van der Waals surface area contributed by atoms with Crippen molar-refractivity contribution in [3.05, 3.63) is 58.4 Å². The van der Waals surface area contributed by atoms with Crippen molar-refractivity contribution in [1.82, 2.24) is 9.88 Å². The van der Waals surface area contributed by atoms with Crippen LogP contribution >= 0.6 is 0 Å². The van der Waals surface area contributed by atoms with Crippen LogP contribution in [0.5, 0.6) is 0 Å². The largest absolute Gasteiger partial charge is 0.461 e. The fourth-order valence-electron chi connectivity index (χ4n) is 4.48. The quantitative estimate of drug-likeness (QED) is 0.502. The summed E-state index contributed by atoms with van der Waals surface area (Å²) in [5, 5.41) is 0. The lowest BCUT2D eigenvalue weighted by Crippen LogP contribution is -2.48. The zero-order chi connectivity index (χ0) is 22.9. The molecule has 1 N–H and O–H groups in total. The average Bonchev–Trinajstić information content (AvgIpc) is 3.47. The number of amides is 1. The molecule has 1 aliphatic carbocycles. The third kappa shape index (κ3) is 4.43. The van der Waals surface area contributed by atoms with Crippen molar-refractivity contribution in [3.63, 3.8) is 0 Å². The number of nitrogens with one attached hydrogen (secondary N) is 1. The van der Waals surface area contributed by atoms with Crippen LogP contribution in [-0.4, -0.2) is 46.2 Å². The zero-order valence-electron chi connectivity index (χ0n) is 19.2. The number of hydrogen-bond acceptors (Lipinski definition) is 4. The van der Waals surface area contributed by atoms with E-state index in [1.807, 2.05) is 32.0 Å². The number of hydrogen-bond donors (Lipinski definition) is 1. The van der Waals surface area contributed by atoms with Crippen molar-refractivity contribution in [2.24, 2.45) is 5.92 Å². The van der Waals surface area contributed by atoms with Gasteiger partial charge in [-0.25, -0.2) is 4.79 Å². The maximum Gasteiger partial charge on any atom is 0.355 e. The summed E-state index contributed by atoms with van der Waals surface area (Å²) in [6.45, 7) is 11.1. The van der Waals surface area contributed by atoms with Crippen molar-refractivity contribution >= 4 is 17.7 Å². The summed E-state index contributed by atoms with van der Waals surface area (Å²) in [5.41, 5.74) is 3.10. The molecule has 1 saturated carbocycles. The number of aromatic nitrogens is 1. The zero-order valence-corrected chi connectivity index (χ0v) is 19.2. The van der Waals surface area contributed by atoms with Crippen LogP contribution < -0.4 is 0 Å². The minimum absolute atomic E-state index is 0.0150. The van der Waals surface area contributed by atoms with Crippen molar-refractivity contribution in [2.45, 2.75) is 66.0 Å². The van der Waals surface area contributed by atoms with Crippen LogP contribution in [-0.2, 0) is 9.53 Å². The summed E-state index contributed by atoms with van der Waals surface area (Å²) in [6, 6.07) is 9.29. The molecule has 0 saturated heterocycles. The minimum atomic E-state index is -0.632. The molecule has 0 spiro atoms. The molecule has 3 rings (SSSR count). The Labute approximate surface area is 184 Å². The third-order valence-corrected chi connectivity index (χ3v) is 6.11. The van der Waals surface area contributed by atoms with E-state index >= 15 is 0 Å². The number of carbonyl (C=O) groups excluding carboxylic acids is 3. The van der Waals surface area contributed by atoms with Crippen LogP contribution in [0.1, 0.15) is 77.7 Å². The maximum absolute atomic E-state index is 13.5. The molecule has 2 aromatic rings. The molecule has 1 heterocycles. The van der Waals surface area contributed by atoms with E-state index in [9.17, 15) is 14.4 Å². The molecule has 0 unspecified atom stereocenters. The van der Waals surface area contributed by atoms with Crippen LogP contribution in [0.2, 0.25) is 0 Å². The molecule has 3 atom stereocenters. The fourth-order valence-corrected chi connectivity index (χ4v) is 4.48. The Hall–Kier alpha value is -2.89. The first-order valence-corrected chi connectivity index (χ1v) is 11.0. The Morgan fingerprint density at radius 1 is 1.13 bits per heavy atom. The number of Topliss-reactive ketones (excluding diaryl/α,β-unsaturated/α-hetero) is 1. The third-order valence-electron chi connectivity index (χ3n) is 6.11. The van der Waals surface area contributed by atoms with E-state index in [-0.39, 0.29) is 36.2 Å². The number of nitrogens with zero attached hydrogens (tertiary/aromatic N) is 1. The highest BCUT2D eigenvalue weighted by atomic mass is 16.5. The second-order valence-corrected chi connectivity index (χ2v) is 8.58. The van der Waals surface area contributed by atoms with Gasteiger partial charge >= 0.3 is 5.97 Å². The van der Waals surface area contributed by atoms with Gasteiger partial charge in [0.1, 0.15) is 5.69 Å². The molecule has 0 radical (unpaired) electrons. The highest BCUT2D eigenvalue weighted by molar-refractivity contribution is 6.06. The van der Waals surface area contributed by atoms with Crippen LogP contribution in [0.3, 0.4) is 0 Å². The molecule has 6 nitrogen and oxygen atoms in total. The van der Waals surface area contributed by atoms with E-state index in [4.69, 9.17) is 4.74 Å². The van der Waals surface area contributed by atoms with Gasteiger partial charge in [-0.3, -0.25) is 9.59 Å². The first-order valence-electron chi connectivity index (χ1n) is 11.0. The number of rotatable bonds is 8. The van der Waals surface area contributed by atoms with Gasteiger partial charge in [0.05, 0.1) is 12.6 Å². The van der Waals surface area contributed by atoms with Gasteiger partial charge in [0.25, 0.3) is 0 Å². The van der Waals surface area contributed by atoms with Crippen molar-refractivity contribution in [1.29, 1.82) is 0 Å². The molecule has 1 fully saturated rings. The molecule has 1 aromatic heterocycles. The Morgan fingerprint density at radius 2 is 1.77 bits per heavy atom. The standard InChI is InChI=1S/C25H32N2O4/c1-7-31-25(30)22-15(4)21(16(5)26-22)23(28)17(6)27(14(2)3)24(29)20-13-19(20)18-11-9-8-10-12-18/h8-12,14,17,19-20,26H,7,13H2,1-6H3/t17-,19+,20-/m1/s1. The number of H-pyrrole nitrogens is 1. The lowest BCUT2D eigenvalue weighted by Gasteiger charge is -2.32. The highest BCUT2D eigenvalue weighted by Crippen LogP contribution is 2.48. The summed E-state index contributed by atoms with van der Waals surface area (Å²) >= 11 is 0. The number of benzene rings is 1. The molecule has 6 heteroatoms. The SMILES string of the molecule is CCOC(=O)c1[nH]c(C)c(C(=O)[C@@H](C)N(C(=O)[C@@H]2C[C@H]2c2ccccc2)C(C)C)c1C. The molecule has 0 bridgehead atoms. The van der Waals surface area contributed by atoms with Crippen LogP contribution in [0.15, 0.2) is 30.3 Å². The van der Waals surface area contributed by atoms with Gasteiger partial charge in [-0.15, -0.1) is 0 Å². The highest BCUT2D eigenvalue weighted by Gasteiger charge is 2.47. The summed E-state index contributed by atoms with van der Waals surface area (Å²) in [4.78, 5) is 43.7. The first kappa shape index (κ1) is 22.8. The normalized spacial score (nSPS) is 18.5. The van der Waals surface area contributed by atoms with Crippen LogP contribution in [0.25, 0.3) is 0 Å². The summed E-state index contributed by atoms with van der Waals surface area (Å²) in [6.07, 6.45) is 0.808. The lowest BCUT2D eigenvalue weighted by atomic mass is 9.98. The Kier molecular flexibility index (Phi) is 6.68. The number of ether oxygens (including phenoxy) is 1. The van der Waals surface area contributed by atoms with Gasteiger partial charge in [0, 0.05) is 23.2 Å². The monoisotopic (exact) mass is 424 g/mol.